The second-order valence-corrected chi connectivity index (χ2v) is 6.89. The Bertz CT molecular complexity index is 1040. The minimum Gasteiger partial charge on any atom is -0.316 e. The van der Waals surface area contributed by atoms with E-state index < -0.39 is 4.92 Å². The summed E-state index contributed by atoms with van der Waals surface area (Å²) in [5, 5.41) is 15.3. The number of aromatic nitrogens is 2. The number of non-ortho nitro benzene ring substituents is 1. The molecule has 1 unspecified atom stereocenters. The fourth-order valence-electron chi connectivity index (χ4n) is 3.71. The van der Waals surface area contributed by atoms with E-state index in [1.54, 1.807) is 10.6 Å². The first-order chi connectivity index (χ1) is 13.1. The Hall–Kier alpha value is -3.06. The number of nitro groups is 1. The number of fused-ring (bicyclic) bond motifs is 1. The number of nitro benzene ring substituents is 1. The molecule has 4 rings (SSSR count). The van der Waals surface area contributed by atoms with Crippen molar-refractivity contribution in [1.82, 2.24) is 14.9 Å². The first-order valence-corrected chi connectivity index (χ1v) is 9.08. The zero-order valence-electron chi connectivity index (χ0n) is 14.8. The summed E-state index contributed by atoms with van der Waals surface area (Å²) in [4.78, 5) is 28.0. The average Bonchev–Trinajstić information content (AvgIpc) is 2.71. The van der Waals surface area contributed by atoms with Gasteiger partial charge in [0.1, 0.15) is 0 Å². The Morgan fingerprint density at radius 1 is 1.22 bits per heavy atom. The van der Waals surface area contributed by atoms with Crippen molar-refractivity contribution >= 4 is 16.6 Å². The van der Waals surface area contributed by atoms with E-state index in [9.17, 15) is 14.9 Å². The molecule has 138 valence electrons. The van der Waals surface area contributed by atoms with Gasteiger partial charge >= 0.3 is 5.69 Å². The first kappa shape index (κ1) is 17.4. The summed E-state index contributed by atoms with van der Waals surface area (Å²) in [5.41, 5.74) is 1.61. The van der Waals surface area contributed by atoms with Gasteiger partial charge in [-0.25, -0.2) is 4.79 Å². The smallest absolute Gasteiger partial charge is 0.316 e. The molecule has 7 heteroatoms. The predicted octanol–water partition coefficient (Wildman–Crippen LogP) is 2.97. The fraction of sp³-hybridized carbons (Fsp3) is 0.300. The number of piperidine rings is 1. The normalized spacial score (nSPS) is 17.1. The average molecular weight is 364 g/mol. The number of nitrogens with one attached hydrogen (secondary N) is 1. The fourth-order valence-corrected chi connectivity index (χ4v) is 3.71. The van der Waals surface area contributed by atoms with Crippen LogP contribution in [0.3, 0.4) is 0 Å². The summed E-state index contributed by atoms with van der Waals surface area (Å²) in [6, 6.07) is 13.9. The second-order valence-electron chi connectivity index (χ2n) is 6.89. The summed E-state index contributed by atoms with van der Waals surface area (Å²) >= 11 is 0. The van der Waals surface area contributed by atoms with Gasteiger partial charge < -0.3 is 5.32 Å². The van der Waals surface area contributed by atoms with Gasteiger partial charge in [-0.3, -0.25) is 14.7 Å². The Kier molecular flexibility index (Phi) is 4.68. The van der Waals surface area contributed by atoms with Crippen molar-refractivity contribution in [1.29, 1.82) is 0 Å². The van der Waals surface area contributed by atoms with E-state index >= 15 is 0 Å². The number of hydrogen-bond acceptors (Lipinski definition) is 5. The van der Waals surface area contributed by atoms with Crippen molar-refractivity contribution in [3.8, 4) is 11.3 Å². The van der Waals surface area contributed by atoms with Crippen LogP contribution >= 0.6 is 0 Å². The van der Waals surface area contributed by atoms with Crippen molar-refractivity contribution in [2.75, 3.05) is 13.1 Å². The third-order valence-corrected chi connectivity index (χ3v) is 5.06. The highest BCUT2D eigenvalue weighted by molar-refractivity contribution is 5.93. The molecule has 2 aromatic carbocycles. The third kappa shape index (κ3) is 3.46. The maximum Gasteiger partial charge on any atom is 0.348 e. The highest BCUT2D eigenvalue weighted by Gasteiger charge is 2.19. The van der Waals surface area contributed by atoms with Crippen LogP contribution in [0.4, 0.5) is 5.69 Å². The van der Waals surface area contributed by atoms with Gasteiger partial charge in [-0.15, -0.1) is 0 Å². The Balaban J connectivity index is 1.91. The molecule has 1 saturated heterocycles. The van der Waals surface area contributed by atoms with Gasteiger partial charge in [0, 0.05) is 29.6 Å². The Morgan fingerprint density at radius 2 is 2.04 bits per heavy atom. The summed E-state index contributed by atoms with van der Waals surface area (Å²) in [5.74, 6) is 0.346. The molecule has 1 aliphatic rings. The highest BCUT2D eigenvalue weighted by Crippen LogP contribution is 2.29. The monoisotopic (exact) mass is 364 g/mol. The van der Waals surface area contributed by atoms with Crippen LogP contribution in [0.25, 0.3) is 22.2 Å². The largest absolute Gasteiger partial charge is 0.348 e. The zero-order chi connectivity index (χ0) is 18.8. The van der Waals surface area contributed by atoms with Crippen molar-refractivity contribution in [3.63, 3.8) is 0 Å². The molecule has 1 N–H and O–H groups in total. The molecule has 1 atom stereocenters. The van der Waals surface area contributed by atoms with Gasteiger partial charge in [-0.1, -0.05) is 30.3 Å². The van der Waals surface area contributed by atoms with E-state index in [-0.39, 0.29) is 11.4 Å². The van der Waals surface area contributed by atoms with Crippen LogP contribution in [0.15, 0.2) is 53.3 Å². The molecule has 0 bridgehead atoms. The standard InChI is InChI=1S/C20H20N4O3/c25-20-22-19(15-6-2-1-3-7-15)17-11-16(24(26)27)8-9-18(17)23(20)13-14-5-4-10-21-12-14/h1-3,6-9,11,14,21H,4-5,10,12-13H2. The Labute approximate surface area is 155 Å². The van der Waals surface area contributed by atoms with Gasteiger partial charge in [0.2, 0.25) is 0 Å². The van der Waals surface area contributed by atoms with Crippen molar-refractivity contribution in [2.45, 2.75) is 19.4 Å². The van der Waals surface area contributed by atoms with Gasteiger partial charge in [0.25, 0.3) is 5.69 Å². The molecule has 7 nitrogen and oxygen atoms in total. The summed E-state index contributed by atoms with van der Waals surface area (Å²) in [6.45, 7) is 2.42. The minimum atomic E-state index is -0.422. The van der Waals surface area contributed by atoms with Crippen LogP contribution < -0.4 is 11.0 Å². The number of hydrogen-bond donors (Lipinski definition) is 1. The van der Waals surface area contributed by atoms with Gasteiger partial charge in [-0.2, -0.15) is 4.98 Å². The molecule has 3 aromatic rings. The van der Waals surface area contributed by atoms with Crippen molar-refractivity contribution < 1.29 is 4.92 Å². The lowest BCUT2D eigenvalue weighted by Gasteiger charge is -2.24. The van der Waals surface area contributed by atoms with E-state index in [0.717, 1.165) is 31.5 Å². The van der Waals surface area contributed by atoms with Crippen LogP contribution in [0.5, 0.6) is 0 Å². The molecule has 2 heterocycles. The van der Waals surface area contributed by atoms with Crippen LogP contribution in [-0.2, 0) is 6.54 Å². The molecule has 1 aliphatic heterocycles. The molecular formula is C20H20N4O3. The zero-order valence-corrected chi connectivity index (χ0v) is 14.8. The van der Waals surface area contributed by atoms with Gasteiger partial charge in [-0.05, 0) is 37.9 Å². The SMILES string of the molecule is O=c1nc(-c2ccccc2)c2cc([N+](=O)[O-])ccc2n1CC1CCCNC1. The summed E-state index contributed by atoms with van der Waals surface area (Å²) < 4.78 is 1.66. The van der Waals surface area contributed by atoms with Crippen molar-refractivity contribution in [2.24, 2.45) is 5.92 Å². The molecular weight excluding hydrogens is 344 g/mol. The van der Waals surface area contributed by atoms with Crippen LogP contribution in [0.2, 0.25) is 0 Å². The lowest BCUT2D eigenvalue weighted by Crippen LogP contribution is -2.35. The van der Waals surface area contributed by atoms with E-state index in [4.69, 9.17) is 0 Å². The van der Waals surface area contributed by atoms with E-state index in [1.807, 2.05) is 30.3 Å². The predicted molar refractivity (Wildman–Crippen MR) is 104 cm³/mol. The number of benzene rings is 2. The van der Waals surface area contributed by atoms with Crippen molar-refractivity contribution in [3.05, 3.63) is 69.1 Å². The van der Waals surface area contributed by atoms with Crippen LogP contribution in [0, 0.1) is 16.0 Å². The minimum absolute atomic E-state index is 0.00832. The first-order valence-electron chi connectivity index (χ1n) is 9.08. The van der Waals surface area contributed by atoms with E-state index in [1.165, 1.54) is 12.1 Å². The quantitative estimate of drug-likeness (QED) is 0.568. The number of rotatable bonds is 4. The lowest BCUT2D eigenvalue weighted by atomic mass is 9.99. The van der Waals surface area contributed by atoms with E-state index in [2.05, 4.69) is 10.3 Å². The molecule has 27 heavy (non-hydrogen) atoms. The third-order valence-electron chi connectivity index (χ3n) is 5.06. The van der Waals surface area contributed by atoms with Crippen LogP contribution in [0.1, 0.15) is 12.8 Å². The molecule has 1 fully saturated rings. The molecule has 0 aliphatic carbocycles. The second kappa shape index (κ2) is 7.28. The van der Waals surface area contributed by atoms with Gasteiger partial charge in [0.05, 0.1) is 16.1 Å². The summed E-state index contributed by atoms with van der Waals surface area (Å²) in [6.07, 6.45) is 2.13. The molecule has 0 radical (unpaired) electrons. The number of nitrogens with zero attached hydrogens (tertiary/aromatic N) is 3. The topological polar surface area (TPSA) is 90.1 Å². The van der Waals surface area contributed by atoms with Gasteiger partial charge in [0.15, 0.2) is 0 Å². The maximum atomic E-state index is 12.8. The lowest BCUT2D eigenvalue weighted by molar-refractivity contribution is -0.384. The van der Waals surface area contributed by atoms with E-state index in [0.29, 0.717) is 29.1 Å². The Morgan fingerprint density at radius 3 is 2.74 bits per heavy atom. The molecule has 0 amide bonds. The molecule has 0 saturated carbocycles. The highest BCUT2D eigenvalue weighted by atomic mass is 16.6. The molecule has 1 aromatic heterocycles. The molecule has 0 spiro atoms. The summed E-state index contributed by atoms with van der Waals surface area (Å²) in [7, 11) is 0. The maximum absolute atomic E-state index is 12.8. The van der Waals surface area contributed by atoms with Crippen LogP contribution in [-0.4, -0.2) is 27.6 Å².